The number of hydrogen-bond acceptors (Lipinski definition) is 5. The number of carboxylic acid groups (broad SMARTS) is 2. The predicted molar refractivity (Wildman–Crippen MR) is 110 cm³/mol. The molecule has 0 spiro atoms. The molecule has 7 nitrogen and oxygen atoms in total. The van der Waals surface area contributed by atoms with Crippen molar-refractivity contribution in [3.05, 3.63) is 36.5 Å². The molecule has 0 bridgehead atoms. The first-order chi connectivity index (χ1) is 13.6. The highest BCUT2D eigenvalue weighted by Crippen LogP contribution is 2.06. The molecule has 29 heavy (non-hydrogen) atoms. The van der Waals surface area contributed by atoms with Gasteiger partial charge in [-0.15, -0.1) is 0 Å². The summed E-state index contributed by atoms with van der Waals surface area (Å²) < 4.78 is 5.75. The van der Waals surface area contributed by atoms with Gasteiger partial charge in [-0.2, -0.15) is 0 Å². The van der Waals surface area contributed by atoms with Crippen LogP contribution in [0.1, 0.15) is 51.4 Å². The van der Waals surface area contributed by atoms with E-state index in [1.807, 2.05) is 45.4 Å². The summed E-state index contributed by atoms with van der Waals surface area (Å²) in [7, 11) is 5.70. The van der Waals surface area contributed by atoms with Crippen molar-refractivity contribution in [1.82, 2.24) is 0 Å². The Hall–Kier alpha value is -2.41. The maximum atomic E-state index is 11.9. The third kappa shape index (κ3) is 20.1. The minimum Gasteiger partial charge on any atom is -0.550 e. The molecule has 0 saturated heterocycles. The van der Waals surface area contributed by atoms with E-state index in [-0.39, 0.29) is 19.3 Å². The lowest BCUT2D eigenvalue weighted by atomic mass is 10.2. The molecule has 1 N–H and O–H groups in total. The maximum Gasteiger partial charge on any atom is 0.310 e. The van der Waals surface area contributed by atoms with Crippen LogP contribution in [-0.4, -0.2) is 61.3 Å². The molecule has 0 aliphatic heterocycles. The smallest absolute Gasteiger partial charge is 0.310 e. The number of carbonyl (C=O) groups is 3. The Morgan fingerprint density at radius 3 is 2.10 bits per heavy atom. The number of quaternary nitrogens is 1. The number of carboxylic acids is 2. The minimum atomic E-state index is -1.23. The van der Waals surface area contributed by atoms with E-state index in [1.165, 1.54) is 0 Å². The van der Waals surface area contributed by atoms with Gasteiger partial charge in [-0.3, -0.25) is 9.59 Å². The maximum absolute atomic E-state index is 11.9. The van der Waals surface area contributed by atoms with Crippen LogP contribution in [0.15, 0.2) is 36.5 Å². The Bertz CT molecular complexity index is 587. The zero-order valence-corrected chi connectivity index (χ0v) is 17.8. The average Bonchev–Trinajstić information content (AvgIpc) is 2.56. The van der Waals surface area contributed by atoms with Gasteiger partial charge in [0.05, 0.1) is 27.6 Å². The van der Waals surface area contributed by atoms with Crippen molar-refractivity contribution in [2.24, 2.45) is 0 Å². The molecular weight excluding hydrogens is 374 g/mol. The number of allylic oxidation sites excluding steroid dienone is 5. The van der Waals surface area contributed by atoms with E-state index in [0.29, 0.717) is 23.9 Å². The second-order valence-electron chi connectivity index (χ2n) is 7.89. The van der Waals surface area contributed by atoms with Gasteiger partial charge in [-0.05, 0) is 32.1 Å². The molecule has 0 aromatic carbocycles. The molecule has 0 rings (SSSR count). The summed E-state index contributed by atoms with van der Waals surface area (Å²) in [5, 5.41) is 19.4. The Morgan fingerprint density at radius 2 is 1.55 bits per heavy atom. The second kappa shape index (κ2) is 15.5. The number of rotatable bonds is 16. The molecule has 0 aliphatic carbocycles. The van der Waals surface area contributed by atoms with Gasteiger partial charge in [0.15, 0.2) is 6.10 Å². The number of carbonyl (C=O) groups excluding carboxylic acids is 2. The van der Waals surface area contributed by atoms with Gasteiger partial charge >= 0.3 is 11.9 Å². The molecule has 0 aromatic rings. The lowest BCUT2D eigenvalue weighted by molar-refractivity contribution is -0.873. The summed E-state index contributed by atoms with van der Waals surface area (Å²) in [6.45, 7) is 0.402. The summed E-state index contributed by atoms with van der Waals surface area (Å²) >= 11 is 0. The Balaban J connectivity index is 3.98. The van der Waals surface area contributed by atoms with E-state index >= 15 is 0 Å². The highest BCUT2D eigenvalue weighted by molar-refractivity contribution is 5.72. The molecule has 0 aliphatic rings. The van der Waals surface area contributed by atoms with E-state index in [2.05, 4.69) is 6.08 Å². The van der Waals surface area contributed by atoms with Crippen molar-refractivity contribution in [2.45, 2.75) is 57.5 Å². The van der Waals surface area contributed by atoms with Crippen molar-refractivity contribution in [2.75, 3.05) is 27.7 Å². The zero-order chi connectivity index (χ0) is 22.1. The number of nitrogens with zero attached hydrogens (tertiary/aromatic N) is 1. The van der Waals surface area contributed by atoms with Crippen LogP contribution in [0.5, 0.6) is 0 Å². The van der Waals surface area contributed by atoms with Crippen LogP contribution < -0.4 is 5.11 Å². The highest BCUT2D eigenvalue weighted by Gasteiger charge is 2.21. The molecule has 7 heteroatoms. The minimum absolute atomic E-state index is 0.102. The van der Waals surface area contributed by atoms with Crippen molar-refractivity contribution >= 4 is 17.9 Å². The van der Waals surface area contributed by atoms with Crippen LogP contribution in [0.3, 0.4) is 0 Å². The van der Waals surface area contributed by atoms with Crippen molar-refractivity contribution in [3.63, 3.8) is 0 Å². The average molecular weight is 410 g/mol. The van der Waals surface area contributed by atoms with Crippen LogP contribution in [0.2, 0.25) is 0 Å². The van der Waals surface area contributed by atoms with Gasteiger partial charge in [0.25, 0.3) is 0 Å². The lowest BCUT2D eigenvalue weighted by Crippen LogP contribution is -2.45. The summed E-state index contributed by atoms with van der Waals surface area (Å²) in [6.07, 6.45) is 15.0. The Labute approximate surface area is 173 Å². The second-order valence-corrected chi connectivity index (χ2v) is 7.89. The van der Waals surface area contributed by atoms with Crippen LogP contribution >= 0.6 is 0 Å². The Morgan fingerprint density at radius 1 is 0.966 bits per heavy atom. The fourth-order valence-electron chi connectivity index (χ4n) is 2.55. The molecule has 0 saturated carbocycles. The van der Waals surface area contributed by atoms with E-state index in [9.17, 15) is 19.5 Å². The van der Waals surface area contributed by atoms with Gasteiger partial charge in [0.1, 0.15) is 6.54 Å². The number of hydrogen-bond donors (Lipinski definition) is 1. The molecule has 164 valence electrons. The van der Waals surface area contributed by atoms with Crippen LogP contribution in [0, 0.1) is 0 Å². The van der Waals surface area contributed by atoms with Crippen molar-refractivity contribution < 1.29 is 33.8 Å². The monoisotopic (exact) mass is 409 g/mol. The summed E-state index contributed by atoms with van der Waals surface area (Å²) in [5.74, 6) is -2.43. The first-order valence-corrected chi connectivity index (χ1v) is 9.96. The lowest BCUT2D eigenvalue weighted by Gasteiger charge is -2.29. The standard InChI is InChI=1S/C22H35NO6/c1-23(2,3)18-19(17-21(26)27)29-22(28)16-14-12-10-8-6-4-5-7-9-11-13-15-20(24)25/h5-8,12,14,19H,4,9-11,13,15-18H2,1-3H3,(H-,24,25,26,27)/b7-5+,8-6+,14-12+. The Kier molecular flexibility index (Phi) is 14.2. The van der Waals surface area contributed by atoms with Gasteiger partial charge in [0.2, 0.25) is 0 Å². The third-order valence-corrected chi connectivity index (χ3v) is 3.78. The van der Waals surface area contributed by atoms with Gasteiger partial charge < -0.3 is 24.2 Å². The van der Waals surface area contributed by atoms with Gasteiger partial charge in [0, 0.05) is 18.8 Å². The summed E-state index contributed by atoms with van der Waals surface area (Å²) in [6, 6.07) is 0. The molecule has 0 amide bonds. The normalized spacial score (nSPS) is 13.3. The molecule has 1 unspecified atom stereocenters. The molecule has 1 atom stereocenters. The highest BCUT2D eigenvalue weighted by atomic mass is 16.5. The van der Waals surface area contributed by atoms with Crippen LogP contribution in [0.4, 0.5) is 0 Å². The molecule has 0 fully saturated rings. The number of esters is 1. The van der Waals surface area contributed by atoms with E-state index in [1.54, 1.807) is 6.08 Å². The summed E-state index contributed by atoms with van der Waals surface area (Å²) in [5.41, 5.74) is 0. The first-order valence-electron chi connectivity index (χ1n) is 9.96. The number of aliphatic carboxylic acids is 2. The number of ether oxygens (including phenoxy) is 1. The fourth-order valence-corrected chi connectivity index (χ4v) is 2.55. The number of unbranched alkanes of at least 4 members (excludes halogenated alkanes) is 2. The third-order valence-electron chi connectivity index (χ3n) is 3.78. The largest absolute Gasteiger partial charge is 0.550 e. The van der Waals surface area contributed by atoms with Crippen LogP contribution in [0.25, 0.3) is 0 Å². The van der Waals surface area contributed by atoms with E-state index < -0.39 is 24.0 Å². The van der Waals surface area contributed by atoms with E-state index in [0.717, 1.165) is 19.3 Å². The fraction of sp³-hybridized carbons (Fsp3) is 0.591. The quantitative estimate of drug-likeness (QED) is 0.181. The zero-order valence-electron chi connectivity index (χ0n) is 17.8. The molecule has 0 heterocycles. The SMILES string of the molecule is C[N+](C)(C)CC(CC(=O)[O-])OC(=O)C/C=C/C/C=C/C/C=C/CCCCC(=O)O. The molecule has 0 aromatic heterocycles. The topological polar surface area (TPSA) is 104 Å². The van der Waals surface area contributed by atoms with Crippen molar-refractivity contribution in [3.8, 4) is 0 Å². The number of likely N-dealkylation sites (N-methyl/N-ethyl adjacent to an activating group) is 1. The summed E-state index contributed by atoms with van der Waals surface area (Å²) in [4.78, 5) is 33.1. The van der Waals surface area contributed by atoms with E-state index in [4.69, 9.17) is 9.84 Å². The molecule has 0 radical (unpaired) electrons. The molecular formula is C22H35NO6. The predicted octanol–water partition coefficient (Wildman–Crippen LogP) is 2.23. The van der Waals surface area contributed by atoms with Crippen molar-refractivity contribution in [1.29, 1.82) is 0 Å². The first kappa shape index (κ1) is 26.6. The van der Waals surface area contributed by atoms with Crippen LogP contribution in [-0.2, 0) is 19.1 Å². The van der Waals surface area contributed by atoms with Gasteiger partial charge in [-0.1, -0.05) is 36.5 Å². The van der Waals surface area contributed by atoms with Gasteiger partial charge in [-0.25, -0.2) is 0 Å².